The van der Waals surface area contributed by atoms with Crippen LogP contribution in [0.2, 0.25) is 0 Å². The first-order chi connectivity index (χ1) is 11.7. The molecule has 0 saturated heterocycles. The van der Waals surface area contributed by atoms with Crippen molar-refractivity contribution in [1.29, 1.82) is 0 Å². The number of aliphatic hydroxyl groups is 1. The van der Waals surface area contributed by atoms with Gasteiger partial charge in [0.1, 0.15) is 0 Å². The lowest BCUT2D eigenvalue weighted by Crippen LogP contribution is -1.82. The molecule has 0 aliphatic heterocycles. The molecule has 1 heteroatoms. The molecule has 2 aromatic carbocycles. The maximum Gasteiger partial charge on any atom is 0.0319 e. The summed E-state index contributed by atoms with van der Waals surface area (Å²) in [4.78, 5) is 0. The molecule has 0 spiro atoms. The Morgan fingerprint density at radius 1 is 0.708 bits per heavy atom. The summed E-state index contributed by atoms with van der Waals surface area (Å²) in [7, 11) is 1.00. The van der Waals surface area contributed by atoms with E-state index in [0.717, 1.165) is 7.11 Å². The van der Waals surface area contributed by atoms with Crippen LogP contribution >= 0.6 is 0 Å². The highest BCUT2D eigenvalue weighted by molar-refractivity contribution is 5.64. The van der Waals surface area contributed by atoms with E-state index in [1.54, 1.807) is 12.2 Å². The predicted molar refractivity (Wildman–Crippen MR) is 110 cm³/mol. The highest BCUT2D eigenvalue weighted by Crippen LogP contribution is 2.21. The summed E-state index contributed by atoms with van der Waals surface area (Å²) in [5, 5.41) is 7.00. The van der Waals surface area contributed by atoms with Gasteiger partial charge in [0, 0.05) is 7.11 Å². The molecule has 0 aromatic heterocycles. The first-order valence-corrected chi connectivity index (χ1v) is 8.16. The van der Waals surface area contributed by atoms with Crippen molar-refractivity contribution in [2.45, 2.75) is 27.7 Å². The lowest BCUT2D eigenvalue weighted by molar-refractivity contribution is 0.399. The van der Waals surface area contributed by atoms with Gasteiger partial charge in [-0.25, -0.2) is 0 Å². The minimum absolute atomic E-state index is 1.00. The lowest BCUT2D eigenvalue weighted by Gasteiger charge is -2.04. The second kappa shape index (κ2) is 17.0. The largest absolute Gasteiger partial charge is 0.400 e. The fourth-order valence-electron chi connectivity index (χ4n) is 1.71. The van der Waals surface area contributed by atoms with E-state index in [9.17, 15) is 0 Å². The molecule has 0 aliphatic rings. The standard InChI is InChI=1S/C14H14.C6H8.C2H6.CH4O/c1-11-8-9-14(10-12(11)2)13-6-4-3-5-7-13;1-3-5-6-4-2;2*1-2/h3-10H,1-2H3;3-6H,1-2H2;1-2H3;2H,1H3/b;6-5-;;. The molecule has 2 rings (SSSR count). The SMILES string of the molecule is C=C/C=C\C=C.CC.CO.Cc1ccc(-c2ccccc2)cc1C. The molecule has 1 nitrogen and oxygen atoms in total. The number of hydrogen-bond donors (Lipinski definition) is 1. The fraction of sp³-hybridized carbons (Fsp3) is 0.217. The van der Waals surface area contributed by atoms with Gasteiger partial charge < -0.3 is 5.11 Å². The van der Waals surface area contributed by atoms with Crippen LogP contribution in [-0.4, -0.2) is 12.2 Å². The molecule has 0 fully saturated rings. The van der Waals surface area contributed by atoms with Gasteiger partial charge in [-0.05, 0) is 36.1 Å². The van der Waals surface area contributed by atoms with Crippen molar-refractivity contribution < 1.29 is 5.11 Å². The first kappa shape index (κ1) is 23.9. The second-order valence-corrected chi connectivity index (χ2v) is 4.52. The van der Waals surface area contributed by atoms with Crippen molar-refractivity contribution in [2.75, 3.05) is 7.11 Å². The van der Waals surface area contributed by atoms with Crippen molar-refractivity contribution in [1.82, 2.24) is 0 Å². The number of aryl methyl sites for hydroxylation is 2. The molecule has 0 unspecified atom stereocenters. The number of benzene rings is 2. The number of allylic oxidation sites excluding steroid dienone is 4. The van der Waals surface area contributed by atoms with Gasteiger partial charge in [-0.1, -0.05) is 99.8 Å². The average Bonchev–Trinajstić information content (AvgIpc) is 2.67. The summed E-state index contributed by atoms with van der Waals surface area (Å²) in [5.41, 5.74) is 5.29. The van der Waals surface area contributed by atoms with Gasteiger partial charge in [-0.2, -0.15) is 0 Å². The minimum Gasteiger partial charge on any atom is -0.400 e. The van der Waals surface area contributed by atoms with Crippen molar-refractivity contribution in [3.05, 3.63) is 97.1 Å². The van der Waals surface area contributed by atoms with Gasteiger partial charge in [0.2, 0.25) is 0 Å². The topological polar surface area (TPSA) is 20.2 Å². The Kier molecular flexibility index (Phi) is 16.9. The zero-order chi connectivity index (χ0) is 18.8. The van der Waals surface area contributed by atoms with Crippen LogP contribution in [0.1, 0.15) is 25.0 Å². The van der Waals surface area contributed by atoms with E-state index in [4.69, 9.17) is 5.11 Å². The van der Waals surface area contributed by atoms with Crippen LogP contribution in [0.5, 0.6) is 0 Å². The third-order valence-electron chi connectivity index (χ3n) is 3.00. The number of rotatable bonds is 3. The zero-order valence-corrected chi connectivity index (χ0v) is 15.8. The van der Waals surface area contributed by atoms with Crippen LogP contribution in [-0.2, 0) is 0 Å². The van der Waals surface area contributed by atoms with Crippen LogP contribution in [0.3, 0.4) is 0 Å². The molecule has 0 saturated carbocycles. The predicted octanol–water partition coefficient (Wildman–Crippen LogP) is 6.52. The van der Waals surface area contributed by atoms with Crippen LogP contribution in [0, 0.1) is 13.8 Å². The Labute approximate surface area is 148 Å². The number of hydrogen-bond acceptors (Lipinski definition) is 1. The third-order valence-corrected chi connectivity index (χ3v) is 3.00. The normalized spacial score (nSPS) is 8.58. The monoisotopic (exact) mass is 324 g/mol. The Hall–Kier alpha value is -2.38. The lowest BCUT2D eigenvalue weighted by atomic mass is 10.0. The molecule has 0 radical (unpaired) electrons. The Morgan fingerprint density at radius 3 is 1.62 bits per heavy atom. The Bertz CT molecular complexity index is 570. The van der Waals surface area contributed by atoms with E-state index in [1.165, 1.54) is 22.3 Å². The average molecular weight is 325 g/mol. The summed E-state index contributed by atoms with van der Waals surface area (Å²) in [6.45, 7) is 15.2. The van der Waals surface area contributed by atoms with Gasteiger partial charge in [-0.3, -0.25) is 0 Å². The van der Waals surface area contributed by atoms with Crippen molar-refractivity contribution in [3.63, 3.8) is 0 Å². The van der Waals surface area contributed by atoms with E-state index in [1.807, 2.05) is 32.1 Å². The highest BCUT2D eigenvalue weighted by atomic mass is 16.2. The molecule has 130 valence electrons. The number of aliphatic hydroxyl groups excluding tert-OH is 1. The quantitative estimate of drug-likeness (QED) is 0.637. The van der Waals surface area contributed by atoms with Gasteiger partial charge in [0.15, 0.2) is 0 Å². The van der Waals surface area contributed by atoms with Crippen molar-refractivity contribution in [2.24, 2.45) is 0 Å². The summed E-state index contributed by atoms with van der Waals surface area (Å²) in [5.74, 6) is 0. The molecule has 24 heavy (non-hydrogen) atoms. The van der Waals surface area contributed by atoms with E-state index in [2.05, 4.69) is 69.5 Å². The van der Waals surface area contributed by atoms with Gasteiger partial charge in [0.05, 0.1) is 0 Å². The van der Waals surface area contributed by atoms with E-state index in [0.29, 0.717) is 0 Å². The van der Waals surface area contributed by atoms with E-state index < -0.39 is 0 Å². The van der Waals surface area contributed by atoms with Crippen molar-refractivity contribution in [3.8, 4) is 11.1 Å². The molecule has 2 aromatic rings. The summed E-state index contributed by atoms with van der Waals surface area (Å²) in [6, 6.07) is 17.1. The van der Waals surface area contributed by atoms with Gasteiger partial charge in [0.25, 0.3) is 0 Å². The third kappa shape index (κ3) is 10.4. The molecular formula is C23H32O. The minimum atomic E-state index is 1.00. The molecule has 0 atom stereocenters. The molecule has 0 amide bonds. The van der Waals surface area contributed by atoms with Gasteiger partial charge in [-0.15, -0.1) is 0 Å². The van der Waals surface area contributed by atoms with Gasteiger partial charge >= 0.3 is 0 Å². The molecule has 0 aliphatic carbocycles. The van der Waals surface area contributed by atoms with Crippen molar-refractivity contribution >= 4 is 0 Å². The molecule has 0 heterocycles. The van der Waals surface area contributed by atoms with Crippen LogP contribution < -0.4 is 0 Å². The summed E-state index contributed by atoms with van der Waals surface area (Å²) < 4.78 is 0. The fourth-order valence-corrected chi connectivity index (χ4v) is 1.71. The van der Waals surface area contributed by atoms with E-state index in [-0.39, 0.29) is 0 Å². The Morgan fingerprint density at radius 2 is 1.21 bits per heavy atom. The van der Waals surface area contributed by atoms with Crippen LogP contribution in [0.25, 0.3) is 11.1 Å². The van der Waals surface area contributed by atoms with Crippen LogP contribution in [0.15, 0.2) is 86.0 Å². The maximum atomic E-state index is 7.00. The first-order valence-electron chi connectivity index (χ1n) is 8.16. The van der Waals surface area contributed by atoms with Crippen LogP contribution in [0.4, 0.5) is 0 Å². The zero-order valence-electron chi connectivity index (χ0n) is 15.8. The molecule has 1 N–H and O–H groups in total. The molecule has 0 bridgehead atoms. The second-order valence-electron chi connectivity index (χ2n) is 4.52. The van der Waals surface area contributed by atoms with E-state index >= 15 is 0 Å². The summed E-state index contributed by atoms with van der Waals surface area (Å²) >= 11 is 0. The smallest absolute Gasteiger partial charge is 0.0319 e. The Balaban J connectivity index is 0. The summed E-state index contributed by atoms with van der Waals surface area (Å²) in [6.07, 6.45) is 7.07. The highest BCUT2D eigenvalue weighted by Gasteiger charge is 1.97. The molecular weight excluding hydrogens is 292 g/mol. The maximum absolute atomic E-state index is 7.00.